The molecule has 1 amide bonds. The van der Waals surface area contributed by atoms with E-state index in [0.717, 1.165) is 6.26 Å². The number of sulfone groups is 1. The van der Waals surface area contributed by atoms with Crippen molar-refractivity contribution >= 4 is 15.7 Å². The lowest BCUT2D eigenvalue weighted by Crippen LogP contribution is -2.66. The van der Waals surface area contributed by atoms with Crippen molar-refractivity contribution in [1.29, 1.82) is 0 Å². The Bertz CT molecular complexity index is 426. The van der Waals surface area contributed by atoms with Crippen molar-refractivity contribution < 1.29 is 13.2 Å². The first-order valence-electron chi connectivity index (χ1n) is 5.67. The van der Waals surface area contributed by atoms with Crippen LogP contribution in [0.1, 0.15) is 34.1 Å². The summed E-state index contributed by atoms with van der Waals surface area (Å²) in [5, 5.41) is 2.79. The summed E-state index contributed by atoms with van der Waals surface area (Å²) >= 11 is 0. The highest BCUT2D eigenvalue weighted by atomic mass is 32.2. The van der Waals surface area contributed by atoms with E-state index in [2.05, 4.69) is 5.32 Å². The number of nitrogens with two attached hydrogens (primary N) is 1. The Balaban J connectivity index is 2.76. The van der Waals surface area contributed by atoms with Crippen LogP contribution in [-0.4, -0.2) is 37.4 Å². The van der Waals surface area contributed by atoms with Crippen molar-refractivity contribution in [1.82, 2.24) is 5.32 Å². The van der Waals surface area contributed by atoms with Crippen molar-refractivity contribution in [3.05, 3.63) is 0 Å². The molecule has 5 nitrogen and oxygen atoms in total. The van der Waals surface area contributed by atoms with Crippen LogP contribution in [0, 0.1) is 5.41 Å². The van der Waals surface area contributed by atoms with Gasteiger partial charge in [-0.05, 0) is 20.3 Å². The number of nitrogens with one attached hydrogen (secondary N) is 1. The maximum Gasteiger partial charge on any atom is 0.241 e. The van der Waals surface area contributed by atoms with Crippen LogP contribution in [0.2, 0.25) is 0 Å². The third-order valence-electron chi connectivity index (χ3n) is 4.12. The molecule has 17 heavy (non-hydrogen) atoms. The first-order valence-corrected chi connectivity index (χ1v) is 7.56. The molecular formula is C11H22N2O3S. The quantitative estimate of drug-likeness (QED) is 0.752. The van der Waals surface area contributed by atoms with E-state index >= 15 is 0 Å². The Hall–Kier alpha value is -0.620. The fraction of sp³-hybridized carbons (Fsp3) is 0.909. The van der Waals surface area contributed by atoms with Crippen LogP contribution in [0.5, 0.6) is 0 Å². The molecular weight excluding hydrogens is 240 g/mol. The van der Waals surface area contributed by atoms with E-state index in [1.165, 1.54) is 13.8 Å². The molecule has 6 heteroatoms. The van der Waals surface area contributed by atoms with E-state index in [-0.39, 0.29) is 17.5 Å². The Morgan fingerprint density at radius 1 is 1.41 bits per heavy atom. The van der Waals surface area contributed by atoms with Gasteiger partial charge in [0, 0.05) is 23.8 Å². The molecule has 0 radical (unpaired) electrons. The number of rotatable bonds is 3. The molecule has 0 spiro atoms. The molecule has 0 aliphatic heterocycles. The fourth-order valence-electron chi connectivity index (χ4n) is 1.70. The lowest BCUT2D eigenvalue weighted by molar-refractivity contribution is -0.126. The standard InChI is InChI=1S/C11H22N2O3S/c1-10(2)7(12)6-8(10)13-9(14)11(3,4)17(5,15)16/h7-8H,6,12H2,1-5H3,(H,13,14). The number of hydrogen-bond donors (Lipinski definition) is 2. The van der Waals surface area contributed by atoms with Gasteiger partial charge in [-0.2, -0.15) is 0 Å². The predicted octanol–water partition coefficient (Wildman–Crippen LogP) is 0.0516. The van der Waals surface area contributed by atoms with Gasteiger partial charge in [-0.15, -0.1) is 0 Å². The summed E-state index contributed by atoms with van der Waals surface area (Å²) < 4.78 is 21.6. The van der Waals surface area contributed by atoms with Gasteiger partial charge in [0.05, 0.1) is 0 Å². The molecule has 100 valence electrons. The van der Waals surface area contributed by atoms with Crippen LogP contribution in [-0.2, 0) is 14.6 Å². The van der Waals surface area contributed by atoms with Crippen molar-refractivity contribution in [2.45, 2.75) is 50.9 Å². The Kier molecular flexibility index (Phi) is 3.35. The zero-order chi connectivity index (χ0) is 13.6. The van der Waals surface area contributed by atoms with Gasteiger partial charge >= 0.3 is 0 Å². The molecule has 0 bridgehead atoms. The summed E-state index contributed by atoms with van der Waals surface area (Å²) in [7, 11) is -3.43. The van der Waals surface area contributed by atoms with Crippen LogP contribution in [0.4, 0.5) is 0 Å². The maximum absolute atomic E-state index is 12.0. The predicted molar refractivity (Wildman–Crippen MR) is 67.2 cm³/mol. The SMILES string of the molecule is CC1(C)C(N)CC1NC(=O)C(C)(C)S(C)(=O)=O. The fourth-order valence-corrected chi connectivity index (χ4v) is 2.10. The highest BCUT2D eigenvalue weighted by Gasteiger charge is 2.49. The van der Waals surface area contributed by atoms with E-state index in [0.29, 0.717) is 6.42 Å². The summed E-state index contributed by atoms with van der Waals surface area (Å²) in [5.41, 5.74) is 5.67. The number of amides is 1. The highest BCUT2D eigenvalue weighted by Crippen LogP contribution is 2.39. The smallest absolute Gasteiger partial charge is 0.241 e. The topological polar surface area (TPSA) is 89.3 Å². The largest absolute Gasteiger partial charge is 0.351 e. The summed E-state index contributed by atoms with van der Waals surface area (Å²) in [6.45, 7) is 6.78. The summed E-state index contributed by atoms with van der Waals surface area (Å²) in [6, 6.07) is 0.000158. The highest BCUT2D eigenvalue weighted by molar-refractivity contribution is 7.92. The van der Waals surface area contributed by atoms with Gasteiger partial charge in [-0.3, -0.25) is 4.79 Å². The lowest BCUT2D eigenvalue weighted by Gasteiger charge is -2.51. The van der Waals surface area contributed by atoms with Crippen molar-refractivity contribution in [2.75, 3.05) is 6.26 Å². The Morgan fingerprint density at radius 3 is 2.18 bits per heavy atom. The minimum Gasteiger partial charge on any atom is -0.351 e. The van der Waals surface area contributed by atoms with E-state index in [1.807, 2.05) is 13.8 Å². The normalized spacial score (nSPS) is 28.4. The molecule has 1 fully saturated rings. The third kappa shape index (κ3) is 2.33. The molecule has 0 aromatic rings. The average Bonchev–Trinajstić information content (AvgIpc) is 2.15. The van der Waals surface area contributed by atoms with Crippen LogP contribution in [0.3, 0.4) is 0 Å². The van der Waals surface area contributed by atoms with Crippen molar-refractivity contribution in [2.24, 2.45) is 11.1 Å². The molecule has 0 aromatic carbocycles. The molecule has 2 unspecified atom stereocenters. The zero-order valence-corrected chi connectivity index (χ0v) is 11.9. The number of hydrogen-bond acceptors (Lipinski definition) is 4. The maximum atomic E-state index is 12.0. The molecule has 1 aliphatic carbocycles. The Labute approximate surface area is 103 Å². The van der Waals surface area contributed by atoms with Crippen LogP contribution < -0.4 is 11.1 Å². The van der Waals surface area contributed by atoms with E-state index < -0.39 is 20.5 Å². The van der Waals surface area contributed by atoms with Gasteiger partial charge in [0.2, 0.25) is 5.91 Å². The number of carbonyl (C=O) groups excluding carboxylic acids is 1. The first kappa shape index (κ1) is 14.4. The van der Waals surface area contributed by atoms with Gasteiger partial charge < -0.3 is 11.1 Å². The molecule has 1 saturated carbocycles. The number of carbonyl (C=O) groups is 1. The van der Waals surface area contributed by atoms with E-state index in [4.69, 9.17) is 5.73 Å². The Morgan fingerprint density at radius 2 is 1.88 bits per heavy atom. The molecule has 0 aromatic heterocycles. The molecule has 1 aliphatic rings. The van der Waals surface area contributed by atoms with Crippen LogP contribution in [0.25, 0.3) is 0 Å². The van der Waals surface area contributed by atoms with E-state index in [1.54, 1.807) is 0 Å². The zero-order valence-electron chi connectivity index (χ0n) is 11.1. The first-order chi connectivity index (χ1) is 7.40. The molecule has 3 N–H and O–H groups in total. The summed E-state index contributed by atoms with van der Waals surface area (Å²) in [5.74, 6) is -0.454. The van der Waals surface area contributed by atoms with Gasteiger partial charge in [0.25, 0.3) is 0 Å². The van der Waals surface area contributed by atoms with Crippen LogP contribution in [0.15, 0.2) is 0 Å². The molecule has 0 saturated heterocycles. The molecule has 1 rings (SSSR count). The second-order valence-electron chi connectivity index (χ2n) is 5.97. The van der Waals surface area contributed by atoms with Gasteiger partial charge in [0.1, 0.15) is 4.75 Å². The second-order valence-corrected chi connectivity index (χ2v) is 8.54. The summed E-state index contributed by atoms with van der Waals surface area (Å²) in [4.78, 5) is 12.0. The average molecular weight is 262 g/mol. The molecule has 0 heterocycles. The van der Waals surface area contributed by atoms with Gasteiger partial charge in [-0.25, -0.2) is 8.42 Å². The van der Waals surface area contributed by atoms with Crippen molar-refractivity contribution in [3.63, 3.8) is 0 Å². The summed E-state index contributed by atoms with van der Waals surface area (Å²) in [6.07, 6.45) is 1.77. The van der Waals surface area contributed by atoms with E-state index in [9.17, 15) is 13.2 Å². The van der Waals surface area contributed by atoms with Crippen LogP contribution >= 0.6 is 0 Å². The minimum absolute atomic E-state index is 0.0500. The minimum atomic E-state index is -3.43. The van der Waals surface area contributed by atoms with Crippen molar-refractivity contribution in [3.8, 4) is 0 Å². The second kappa shape index (κ2) is 3.95. The van der Waals surface area contributed by atoms with Gasteiger partial charge in [-0.1, -0.05) is 13.8 Å². The monoisotopic (exact) mass is 262 g/mol. The lowest BCUT2D eigenvalue weighted by atomic mass is 9.63. The third-order valence-corrected chi connectivity index (χ3v) is 6.16. The molecule has 2 atom stereocenters. The van der Waals surface area contributed by atoms with Gasteiger partial charge in [0.15, 0.2) is 9.84 Å².